The fourth-order valence-corrected chi connectivity index (χ4v) is 2.39. The quantitative estimate of drug-likeness (QED) is 0.700. The molecule has 0 aliphatic heterocycles. The normalized spacial score (nSPS) is 14.8. The van der Waals surface area contributed by atoms with Crippen LogP contribution in [0.25, 0.3) is 11.0 Å². The second-order valence-corrected chi connectivity index (χ2v) is 4.90. The highest BCUT2D eigenvalue weighted by molar-refractivity contribution is 5.75. The first-order chi connectivity index (χ1) is 9.55. The second kappa shape index (κ2) is 6.21. The summed E-state index contributed by atoms with van der Waals surface area (Å²) in [7, 11) is 3.24. The third-order valence-corrected chi connectivity index (χ3v) is 3.43. The summed E-state index contributed by atoms with van der Waals surface area (Å²) in [6, 6.07) is 6.01. The Labute approximate surface area is 117 Å². The predicted molar refractivity (Wildman–Crippen MR) is 77.7 cm³/mol. The summed E-state index contributed by atoms with van der Waals surface area (Å²) in [6.45, 7) is 4.07. The summed E-state index contributed by atoms with van der Waals surface area (Å²) in [5, 5.41) is 3.42. The zero-order valence-electron chi connectivity index (χ0n) is 12.2. The van der Waals surface area contributed by atoms with Gasteiger partial charge in [-0.05, 0) is 31.5 Å². The van der Waals surface area contributed by atoms with Crippen LogP contribution in [0.4, 0.5) is 0 Å². The van der Waals surface area contributed by atoms with Crippen LogP contribution in [-0.2, 0) is 9.47 Å². The molecule has 0 radical (unpaired) electrons. The summed E-state index contributed by atoms with van der Waals surface area (Å²) >= 11 is 0. The number of imidazole rings is 1. The van der Waals surface area contributed by atoms with Gasteiger partial charge in [-0.2, -0.15) is 0 Å². The molecule has 110 valence electrons. The summed E-state index contributed by atoms with van der Waals surface area (Å²) in [5.41, 5.74) is 2.52. The molecule has 0 aliphatic carbocycles. The third-order valence-electron chi connectivity index (χ3n) is 3.43. The molecule has 2 aromatic rings. The first-order valence-corrected chi connectivity index (χ1v) is 6.58. The zero-order chi connectivity index (χ0) is 14.7. The van der Waals surface area contributed by atoms with Gasteiger partial charge in [0.05, 0.1) is 17.1 Å². The van der Waals surface area contributed by atoms with Crippen molar-refractivity contribution in [2.45, 2.75) is 32.2 Å². The molecule has 20 heavy (non-hydrogen) atoms. The molecule has 1 aromatic heterocycles. The Morgan fingerprint density at radius 3 is 2.40 bits per heavy atom. The molecule has 0 amide bonds. The van der Waals surface area contributed by atoms with Gasteiger partial charge in [-0.1, -0.05) is 6.07 Å². The SMILES string of the molecule is COC(OC)C(C)NC(C)c1ccc2[nH]c(=O)[nH]c2c1. The van der Waals surface area contributed by atoms with Crippen molar-refractivity contribution in [2.75, 3.05) is 14.2 Å². The Kier molecular flexibility index (Phi) is 4.59. The molecule has 0 fully saturated rings. The number of methoxy groups -OCH3 is 2. The number of ether oxygens (including phenoxy) is 2. The number of fused-ring (bicyclic) bond motifs is 1. The van der Waals surface area contributed by atoms with E-state index in [9.17, 15) is 4.79 Å². The van der Waals surface area contributed by atoms with Gasteiger partial charge in [0, 0.05) is 20.3 Å². The molecule has 6 nitrogen and oxygen atoms in total. The topological polar surface area (TPSA) is 79.1 Å². The first kappa shape index (κ1) is 14.8. The Balaban J connectivity index is 2.14. The predicted octanol–water partition coefficient (Wildman–Crippen LogP) is 1.51. The molecule has 0 saturated heterocycles. The zero-order valence-corrected chi connectivity index (χ0v) is 12.2. The van der Waals surface area contributed by atoms with Crippen molar-refractivity contribution in [3.63, 3.8) is 0 Å². The molecule has 2 unspecified atom stereocenters. The average molecular weight is 279 g/mol. The minimum atomic E-state index is -0.298. The molecular weight excluding hydrogens is 258 g/mol. The van der Waals surface area contributed by atoms with Gasteiger partial charge in [-0.15, -0.1) is 0 Å². The van der Waals surface area contributed by atoms with Crippen molar-refractivity contribution in [3.05, 3.63) is 34.2 Å². The molecule has 1 heterocycles. The van der Waals surface area contributed by atoms with E-state index in [1.165, 1.54) is 0 Å². The van der Waals surface area contributed by atoms with E-state index in [2.05, 4.69) is 22.2 Å². The van der Waals surface area contributed by atoms with Gasteiger partial charge >= 0.3 is 5.69 Å². The van der Waals surface area contributed by atoms with Crippen LogP contribution in [-0.4, -0.2) is 36.5 Å². The molecule has 1 aromatic carbocycles. The number of hydrogen-bond acceptors (Lipinski definition) is 4. The monoisotopic (exact) mass is 279 g/mol. The van der Waals surface area contributed by atoms with Crippen LogP contribution in [0.3, 0.4) is 0 Å². The average Bonchev–Trinajstić information content (AvgIpc) is 2.78. The van der Waals surface area contributed by atoms with Crippen molar-refractivity contribution < 1.29 is 9.47 Å². The maximum atomic E-state index is 11.3. The largest absolute Gasteiger partial charge is 0.354 e. The number of rotatable bonds is 6. The molecule has 3 N–H and O–H groups in total. The fourth-order valence-electron chi connectivity index (χ4n) is 2.39. The molecule has 0 bridgehead atoms. The van der Waals surface area contributed by atoms with Crippen LogP contribution in [0.15, 0.2) is 23.0 Å². The molecule has 0 spiro atoms. The lowest BCUT2D eigenvalue weighted by molar-refractivity contribution is -0.120. The molecule has 2 atom stereocenters. The Morgan fingerprint density at radius 1 is 1.10 bits per heavy atom. The standard InChI is InChI=1S/C14H21N3O3/c1-8(15-9(2)13(19-3)20-4)10-5-6-11-12(7-10)17-14(18)16-11/h5-9,13,15H,1-4H3,(H2,16,17,18). The van der Waals surface area contributed by atoms with Gasteiger partial charge in [0.2, 0.25) is 0 Å². The smallest absolute Gasteiger partial charge is 0.323 e. The van der Waals surface area contributed by atoms with Gasteiger partial charge in [-0.3, -0.25) is 0 Å². The number of nitrogens with one attached hydrogen (secondary N) is 3. The van der Waals surface area contributed by atoms with Crippen LogP contribution in [0, 0.1) is 0 Å². The van der Waals surface area contributed by atoms with E-state index in [-0.39, 0.29) is 24.1 Å². The van der Waals surface area contributed by atoms with Crippen LogP contribution < -0.4 is 11.0 Å². The Morgan fingerprint density at radius 2 is 1.75 bits per heavy atom. The number of aromatic amines is 2. The van der Waals surface area contributed by atoms with Crippen molar-refractivity contribution in [1.82, 2.24) is 15.3 Å². The number of H-pyrrole nitrogens is 2. The van der Waals surface area contributed by atoms with E-state index in [4.69, 9.17) is 9.47 Å². The van der Waals surface area contributed by atoms with Crippen LogP contribution in [0.1, 0.15) is 25.5 Å². The van der Waals surface area contributed by atoms with Gasteiger partial charge < -0.3 is 24.8 Å². The molecule has 0 saturated carbocycles. The van der Waals surface area contributed by atoms with Crippen molar-refractivity contribution >= 4 is 11.0 Å². The van der Waals surface area contributed by atoms with Gasteiger partial charge in [0.25, 0.3) is 0 Å². The number of benzene rings is 1. The highest BCUT2D eigenvalue weighted by Gasteiger charge is 2.18. The minimum absolute atomic E-state index is 0.0426. The van der Waals surface area contributed by atoms with E-state index < -0.39 is 0 Å². The maximum Gasteiger partial charge on any atom is 0.323 e. The molecule has 0 aliphatic rings. The molecule has 2 rings (SSSR count). The van der Waals surface area contributed by atoms with Crippen molar-refractivity contribution in [3.8, 4) is 0 Å². The van der Waals surface area contributed by atoms with Crippen molar-refractivity contribution in [2.24, 2.45) is 0 Å². The lowest BCUT2D eigenvalue weighted by Gasteiger charge is -2.26. The van der Waals surface area contributed by atoms with E-state index in [1.807, 2.05) is 25.1 Å². The van der Waals surface area contributed by atoms with Gasteiger partial charge in [0.15, 0.2) is 6.29 Å². The highest BCUT2D eigenvalue weighted by Crippen LogP contribution is 2.18. The van der Waals surface area contributed by atoms with Crippen LogP contribution in [0.5, 0.6) is 0 Å². The fraction of sp³-hybridized carbons (Fsp3) is 0.500. The van der Waals surface area contributed by atoms with Crippen molar-refractivity contribution in [1.29, 1.82) is 0 Å². The van der Waals surface area contributed by atoms with Gasteiger partial charge in [-0.25, -0.2) is 4.79 Å². The molecular formula is C14H21N3O3. The second-order valence-electron chi connectivity index (χ2n) is 4.90. The molecule has 6 heteroatoms. The van der Waals surface area contributed by atoms with Gasteiger partial charge in [0.1, 0.15) is 0 Å². The number of aromatic nitrogens is 2. The number of hydrogen-bond donors (Lipinski definition) is 3. The Bertz CT molecular complexity index is 615. The van der Waals surface area contributed by atoms with Crippen LogP contribution >= 0.6 is 0 Å². The highest BCUT2D eigenvalue weighted by atomic mass is 16.7. The van der Waals surface area contributed by atoms with E-state index in [1.54, 1.807) is 14.2 Å². The first-order valence-electron chi connectivity index (χ1n) is 6.58. The summed E-state index contributed by atoms with van der Waals surface area (Å²) in [6.07, 6.45) is -0.298. The van der Waals surface area contributed by atoms with E-state index in [0.29, 0.717) is 0 Å². The summed E-state index contributed by atoms with van der Waals surface area (Å²) in [4.78, 5) is 16.7. The summed E-state index contributed by atoms with van der Waals surface area (Å²) in [5.74, 6) is 0. The van der Waals surface area contributed by atoms with E-state index >= 15 is 0 Å². The Hall–Kier alpha value is -1.63. The van der Waals surface area contributed by atoms with E-state index in [0.717, 1.165) is 16.6 Å². The third kappa shape index (κ3) is 3.09. The lowest BCUT2D eigenvalue weighted by atomic mass is 10.1. The maximum absolute atomic E-state index is 11.3. The lowest BCUT2D eigenvalue weighted by Crippen LogP contribution is -2.40. The van der Waals surface area contributed by atoms with Crippen LogP contribution in [0.2, 0.25) is 0 Å². The minimum Gasteiger partial charge on any atom is -0.354 e. The summed E-state index contributed by atoms with van der Waals surface area (Å²) < 4.78 is 10.5.